The quantitative estimate of drug-likeness (QED) is 0.635. The summed E-state index contributed by atoms with van der Waals surface area (Å²) in [4.78, 5) is 0. The molecule has 0 spiro atoms. The Bertz CT molecular complexity index is 96.2. The highest BCUT2D eigenvalue weighted by atomic mass is 16.3. The molecule has 0 aliphatic heterocycles. The molecule has 2 nitrogen and oxygen atoms in total. The summed E-state index contributed by atoms with van der Waals surface area (Å²) in [5.41, 5.74) is -0.507. The van der Waals surface area contributed by atoms with E-state index in [9.17, 15) is 5.11 Å². The highest BCUT2D eigenvalue weighted by molar-refractivity contribution is 4.69. The van der Waals surface area contributed by atoms with Crippen molar-refractivity contribution in [2.24, 2.45) is 5.92 Å². The Morgan fingerprint density at radius 2 is 2.00 bits per heavy atom. The fraction of sp³-hybridized carbons (Fsp3) is 1.00. The van der Waals surface area contributed by atoms with Crippen molar-refractivity contribution in [1.82, 2.24) is 5.32 Å². The van der Waals surface area contributed by atoms with E-state index in [1.54, 1.807) is 0 Å². The van der Waals surface area contributed by atoms with Crippen LogP contribution in [0.5, 0.6) is 0 Å². The third-order valence-corrected chi connectivity index (χ3v) is 1.74. The minimum atomic E-state index is -0.507. The number of hydrogen-bond donors (Lipinski definition) is 2. The minimum Gasteiger partial charge on any atom is -0.390 e. The van der Waals surface area contributed by atoms with E-state index in [2.05, 4.69) is 12.2 Å². The van der Waals surface area contributed by atoms with Gasteiger partial charge in [-0.15, -0.1) is 0 Å². The van der Waals surface area contributed by atoms with Crippen molar-refractivity contribution < 1.29 is 5.11 Å². The van der Waals surface area contributed by atoms with E-state index in [1.165, 1.54) is 0 Å². The third kappa shape index (κ3) is 7.82. The second-order valence-electron chi connectivity index (χ2n) is 4.01. The predicted octanol–water partition coefficient (Wildman–Crippen LogP) is 1.39. The van der Waals surface area contributed by atoms with Gasteiger partial charge in [0.05, 0.1) is 5.60 Å². The van der Waals surface area contributed by atoms with Crippen molar-refractivity contribution >= 4 is 0 Å². The minimum absolute atomic E-state index is 0.507. The maximum Gasteiger partial charge on any atom is 0.0594 e. The molecule has 0 saturated heterocycles. The lowest BCUT2D eigenvalue weighted by Gasteiger charge is -2.21. The van der Waals surface area contributed by atoms with Crippen LogP contribution in [-0.2, 0) is 0 Å². The summed E-state index contributed by atoms with van der Waals surface area (Å²) in [5, 5.41) is 12.6. The average Bonchev–Trinajstić information content (AvgIpc) is 1.79. The van der Waals surface area contributed by atoms with E-state index in [4.69, 9.17) is 0 Å². The van der Waals surface area contributed by atoms with Gasteiger partial charge in [-0.25, -0.2) is 0 Å². The van der Waals surface area contributed by atoms with Gasteiger partial charge in [0.15, 0.2) is 0 Å². The fourth-order valence-corrected chi connectivity index (χ4v) is 1.35. The fourth-order valence-electron chi connectivity index (χ4n) is 1.35. The molecule has 68 valence electrons. The van der Waals surface area contributed by atoms with Crippen molar-refractivity contribution in [3.63, 3.8) is 0 Å². The molecule has 0 aliphatic rings. The zero-order chi connectivity index (χ0) is 8.91. The van der Waals surface area contributed by atoms with Crippen LogP contribution >= 0.6 is 0 Å². The van der Waals surface area contributed by atoms with Crippen molar-refractivity contribution in [1.29, 1.82) is 0 Å². The lowest BCUT2D eigenvalue weighted by molar-refractivity contribution is 0.0541. The predicted molar refractivity (Wildman–Crippen MR) is 48.6 cm³/mol. The largest absolute Gasteiger partial charge is 0.390 e. The number of aliphatic hydroxyl groups is 1. The second kappa shape index (κ2) is 4.73. The first kappa shape index (κ1) is 10.9. The summed E-state index contributed by atoms with van der Waals surface area (Å²) in [6.45, 7) is 6.94. The first-order valence-corrected chi connectivity index (χ1v) is 4.32. The van der Waals surface area contributed by atoms with Gasteiger partial charge in [-0.05, 0) is 46.2 Å². The van der Waals surface area contributed by atoms with E-state index in [1.807, 2.05) is 20.9 Å². The molecule has 1 atom stereocenters. The molecule has 0 aromatic rings. The smallest absolute Gasteiger partial charge is 0.0594 e. The first-order chi connectivity index (χ1) is 4.95. The van der Waals surface area contributed by atoms with Gasteiger partial charge < -0.3 is 10.4 Å². The molecule has 1 unspecified atom stereocenters. The number of rotatable bonds is 5. The molecule has 2 heteroatoms. The molecule has 11 heavy (non-hydrogen) atoms. The number of nitrogens with one attached hydrogen (secondary N) is 1. The van der Waals surface area contributed by atoms with Crippen LogP contribution in [0.15, 0.2) is 0 Å². The summed E-state index contributed by atoms with van der Waals surface area (Å²) in [6.07, 6.45) is 2.02. The standard InChI is InChI=1S/C9H21NO/c1-8(5-6-10-4)7-9(2,3)11/h8,10-11H,5-7H2,1-4H3. The highest BCUT2D eigenvalue weighted by Gasteiger charge is 2.16. The molecule has 0 aliphatic carbocycles. The van der Waals surface area contributed by atoms with E-state index >= 15 is 0 Å². The van der Waals surface area contributed by atoms with Crippen molar-refractivity contribution in [3.05, 3.63) is 0 Å². The molecule has 0 bridgehead atoms. The maximum atomic E-state index is 9.47. The van der Waals surface area contributed by atoms with Gasteiger partial charge in [-0.2, -0.15) is 0 Å². The molecule has 2 N–H and O–H groups in total. The van der Waals surface area contributed by atoms with E-state index < -0.39 is 5.60 Å². The van der Waals surface area contributed by atoms with E-state index in [0.29, 0.717) is 5.92 Å². The van der Waals surface area contributed by atoms with Crippen molar-refractivity contribution in [3.8, 4) is 0 Å². The van der Waals surface area contributed by atoms with Gasteiger partial charge in [-0.1, -0.05) is 6.92 Å². The molecular weight excluding hydrogens is 138 g/mol. The summed E-state index contributed by atoms with van der Waals surface area (Å²) < 4.78 is 0. The molecular formula is C9H21NO. The lowest BCUT2D eigenvalue weighted by atomic mass is 9.93. The summed E-state index contributed by atoms with van der Waals surface area (Å²) >= 11 is 0. The highest BCUT2D eigenvalue weighted by Crippen LogP contribution is 2.17. The second-order valence-corrected chi connectivity index (χ2v) is 4.01. The molecule has 0 heterocycles. The van der Waals surface area contributed by atoms with Crippen LogP contribution in [0.2, 0.25) is 0 Å². The Labute approximate surface area is 70.0 Å². The van der Waals surface area contributed by atoms with Crippen LogP contribution in [-0.4, -0.2) is 24.3 Å². The monoisotopic (exact) mass is 159 g/mol. The maximum absolute atomic E-state index is 9.47. The molecule has 0 saturated carbocycles. The molecule has 0 fully saturated rings. The van der Waals surface area contributed by atoms with Crippen LogP contribution < -0.4 is 5.32 Å². The number of hydrogen-bond acceptors (Lipinski definition) is 2. The lowest BCUT2D eigenvalue weighted by Crippen LogP contribution is -2.23. The van der Waals surface area contributed by atoms with Crippen molar-refractivity contribution in [2.45, 2.75) is 39.2 Å². The van der Waals surface area contributed by atoms with Crippen LogP contribution in [0.1, 0.15) is 33.6 Å². The van der Waals surface area contributed by atoms with Gasteiger partial charge in [0.2, 0.25) is 0 Å². The average molecular weight is 159 g/mol. The Morgan fingerprint density at radius 3 is 2.36 bits per heavy atom. The summed E-state index contributed by atoms with van der Waals surface area (Å²) in [6, 6.07) is 0. The van der Waals surface area contributed by atoms with Gasteiger partial charge >= 0.3 is 0 Å². The zero-order valence-corrected chi connectivity index (χ0v) is 8.15. The molecule has 0 rings (SSSR count). The Kier molecular flexibility index (Phi) is 4.69. The van der Waals surface area contributed by atoms with E-state index in [0.717, 1.165) is 19.4 Å². The van der Waals surface area contributed by atoms with Gasteiger partial charge in [0.1, 0.15) is 0 Å². The van der Waals surface area contributed by atoms with E-state index in [-0.39, 0.29) is 0 Å². The Balaban J connectivity index is 3.44. The Hall–Kier alpha value is -0.0800. The molecule has 0 aromatic carbocycles. The van der Waals surface area contributed by atoms with Crippen LogP contribution in [0.25, 0.3) is 0 Å². The molecule has 0 radical (unpaired) electrons. The normalized spacial score (nSPS) is 15.0. The molecule has 0 amide bonds. The SMILES string of the molecule is CNCCC(C)CC(C)(C)O. The first-order valence-electron chi connectivity index (χ1n) is 4.32. The van der Waals surface area contributed by atoms with Gasteiger partial charge in [0.25, 0.3) is 0 Å². The zero-order valence-electron chi connectivity index (χ0n) is 8.15. The van der Waals surface area contributed by atoms with Crippen LogP contribution in [0, 0.1) is 5.92 Å². The topological polar surface area (TPSA) is 32.3 Å². The van der Waals surface area contributed by atoms with Crippen LogP contribution in [0.3, 0.4) is 0 Å². The van der Waals surface area contributed by atoms with Crippen LogP contribution in [0.4, 0.5) is 0 Å². The molecule has 0 aromatic heterocycles. The van der Waals surface area contributed by atoms with Crippen molar-refractivity contribution in [2.75, 3.05) is 13.6 Å². The van der Waals surface area contributed by atoms with Gasteiger partial charge in [-0.3, -0.25) is 0 Å². The Morgan fingerprint density at radius 1 is 1.45 bits per heavy atom. The summed E-state index contributed by atoms with van der Waals surface area (Å²) in [7, 11) is 1.96. The third-order valence-electron chi connectivity index (χ3n) is 1.74. The van der Waals surface area contributed by atoms with Gasteiger partial charge in [0, 0.05) is 0 Å². The summed E-state index contributed by atoms with van der Waals surface area (Å²) in [5.74, 6) is 0.599.